The van der Waals surface area contributed by atoms with Crippen molar-refractivity contribution in [2.24, 2.45) is 0 Å². The van der Waals surface area contributed by atoms with Crippen molar-refractivity contribution in [2.45, 2.75) is 23.1 Å². The van der Waals surface area contributed by atoms with Crippen molar-refractivity contribution in [1.29, 1.82) is 0 Å². The number of hydrogen-bond donors (Lipinski definition) is 1. The molecule has 4 rings (SSSR count). The van der Waals surface area contributed by atoms with Crippen LogP contribution in [0.25, 0.3) is 0 Å². The van der Waals surface area contributed by atoms with E-state index in [2.05, 4.69) is 4.98 Å². The molecule has 0 aliphatic rings. The number of nitrogens with zero attached hydrogens (tertiary/aromatic N) is 1. The highest BCUT2D eigenvalue weighted by atomic mass is 32.2. The Morgan fingerprint density at radius 3 is 2.25 bits per heavy atom. The van der Waals surface area contributed by atoms with Crippen molar-refractivity contribution in [1.82, 2.24) is 9.55 Å². The lowest BCUT2D eigenvalue weighted by Crippen LogP contribution is -2.28. The molecule has 1 atom stereocenters. The first-order valence-electron chi connectivity index (χ1n) is 10.1. The molecule has 0 radical (unpaired) electrons. The molecule has 1 unspecified atom stereocenters. The molecule has 6 nitrogen and oxygen atoms in total. The van der Waals surface area contributed by atoms with E-state index < -0.39 is 21.1 Å². The van der Waals surface area contributed by atoms with Crippen LogP contribution in [-0.2, 0) is 22.8 Å². The summed E-state index contributed by atoms with van der Waals surface area (Å²) in [6, 6.07) is 24.1. The van der Waals surface area contributed by atoms with Crippen LogP contribution in [0.3, 0.4) is 0 Å². The molecule has 1 N–H and O–H groups in total. The van der Waals surface area contributed by atoms with Crippen LogP contribution >= 0.6 is 11.3 Å². The van der Waals surface area contributed by atoms with Gasteiger partial charge in [0.05, 0.1) is 12.3 Å². The number of aromatic amines is 1. The Bertz CT molecular complexity index is 1410. The lowest BCUT2D eigenvalue weighted by Gasteiger charge is -2.17. The van der Waals surface area contributed by atoms with Crippen LogP contribution in [0.5, 0.6) is 0 Å². The van der Waals surface area contributed by atoms with E-state index in [1.165, 1.54) is 16.8 Å². The van der Waals surface area contributed by atoms with Crippen molar-refractivity contribution in [3.8, 4) is 0 Å². The van der Waals surface area contributed by atoms with Crippen molar-refractivity contribution < 1.29 is 8.42 Å². The van der Waals surface area contributed by atoms with Gasteiger partial charge in [0, 0.05) is 23.1 Å². The minimum Gasteiger partial charge on any atom is -0.295 e. The highest BCUT2D eigenvalue weighted by molar-refractivity contribution is 7.93. The lowest BCUT2D eigenvalue weighted by molar-refractivity contribution is 0.588. The molecule has 2 heterocycles. The zero-order chi connectivity index (χ0) is 22.6. The van der Waals surface area contributed by atoms with E-state index in [1.807, 2.05) is 60.7 Å². The van der Waals surface area contributed by atoms with Gasteiger partial charge in [0.25, 0.3) is 5.56 Å². The van der Waals surface area contributed by atoms with Gasteiger partial charge in [-0.05, 0) is 29.7 Å². The number of sulfone groups is 1. The second-order valence-electron chi connectivity index (χ2n) is 7.54. The average molecular weight is 467 g/mol. The molecule has 0 saturated carbocycles. The summed E-state index contributed by atoms with van der Waals surface area (Å²) in [4.78, 5) is 26.1. The number of rotatable bonds is 8. The molecular formula is C24H22N2O4S2. The molecule has 0 saturated heterocycles. The van der Waals surface area contributed by atoms with Crippen LogP contribution in [0.15, 0.2) is 98.9 Å². The molecule has 0 amide bonds. The maximum Gasteiger partial charge on any atom is 0.328 e. The normalized spacial score (nSPS) is 12.5. The maximum absolute atomic E-state index is 13.3. The van der Waals surface area contributed by atoms with Crippen LogP contribution in [-0.4, -0.2) is 23.7 Å². The lowest BCUT2D eigenvalue weighted by atomic mass is 9.94. The monoisotopic (exact) mass is 466 g/mol. The van der Waals surface area contributed by atoms with E-state index in [9.17, 15) is 18.0 Å². The first-order valence-corrected chi connectivity index (χ1v) is 12.6. The van der Waals surface area contributed by atoms with Crippen LogP contribution < -0.4 is 11.2 Å². The molecule has 2 aromatic heterocycles. The Morgan fingerprint density at radius 2 is 1.56 bits per heavy atom. The Labute approximate surface area is 189 Å². The standard InChI is InChI=1S/C24H22N2O4S2/c27-22-13-14-26(24(28)25-22)16-21-11-12-23(31-21)32(29,30)17-20(19-9-5-2-6-10-19)15-18-7-3-1-4-8-18/h1-14,20H,15-17H2,(H,25,27,28). The molecule has 32 heavy (non-hydrogen) atoms. The number of H-pyrrole nitrogens is 1. The van der Waals surface area contributed by atoms with E-state index in [0.29, 0.717) is 6.42 Å². The fraction of sp³-hybridized carbons (Fsp3) is 0.167. The van der Waals surface area contributed by atoms with Gasteiger partial charge >= 0.3 is 5.69 Å². The van der Waals surface area contributed by atoms with Crippen molar-refractivity contribution in [2.75, 3.05) is 5.75 Å². The third-order valence-corrected chi connectivity index (χ3v) is 8.65. The predicted octanol–water partition coefficient (Wildman–Crippen LogP) is 3.45. The molecule has 0 aliphatic heterocycles. The van der Waals surface area contributed by atoms with Crippen LogP contribution in [0, 0.1) is 0 Å². The van der Waals surface area contributed by atoms with Gasteiger partial charge in [0.1, 0.15) is 4.21 Å². The third kappa shape index (κ3) is 5.33. The largest absolute Gasteiger partial charge is 0.328 e. The predicted molar refractivity (Wildman–Crippen MR) is 126 cm³/mol. The average Bonchev–Trinajstić information content (AvgIpc) is 3.26. The topological polar surface area (TPSA) is 89.0 Å². The van der Waals surface area contributed by atoms with E-state index >= 15 is 0 Å². The summed E-state index contributed by atoms with van der Waals surface area (Å²) < 4.78 is 28.2. The number of aromatic nitrogens is 2. The Hall–Kier alpha value is -3.23. The second-order valence-corrected chi connectivity index (χ2v) is 11.0. The van der Waals surface area contributed by atoms with Gasteiger partial charge in [0.15, 0.2) is 9.84 Å². The Balaban J connectivity index is 1.57. The molecular weight excluding hydrogens is 444 g/mol. The summed E-state index contributed by atoms with van der Waals surface area (Å²) in [5.74, 6) is -0.194. The van der Waals surface area contributed by atoms with Crippen LogP contribution in [0.2, 0.25) is 0 Å². The van der Waals surface area contributed by atoms with Crippen LogP contribution in [0.4, 0.5) is 0 Å². The van der Waals surface area contributed by atoms with Crippen molar-refractivity contribution >= 4 is 21.2 Å². The molecule has 0 spiro atoms. The Morgan fingerprint density at radius 1 is 0.875 bits per heavy atom. The molecule has 8 heteroatoms. The molecule has 0 aliphatic carbocycles. The van der Waals surface area contributed by atoms with E-state index in [1.54, 1.807) is 12.1 Å². The summed E-state index contributed by atoms with van der Waals surface area (Å²) in [5.41, 5.74) is 1.07. The molecule has 4 aromatic rings. The van der Waals surface area contributed by atoms with Gasteiger partial charge in [-0.25, -0.2) is 13.2 Å². The van der Waals surface area contributed by atoms with Crippen LogP contribution in [0.1, 0.15) is 21.9 Å². The first-order chi connectivity index (χ1) is 15.4. The zero-order valence-electron chi connectivity index (χ0n) is 17.2. The van der Waals surface area contributed by atoms with E-state index in [4.69, 9.17) is 0 Å². The summed E-state index contributed by atoms with van der Waals surface area (Å²) >= 11 is 1.15. The van der Waals surface area contributed by atoms with E-state index in [0.717, 1.165) is 27.3 Å². The van der Waals surface area contributed by atoms with Gasteiger partial charge in [-0.2, -0.15) is 0 Å². The summed E-state index contributed by atoms with van der Waals surface area (Å²) in [7, 11) is -3.54. The number of thiophene rings is 1. The summed E-state index contributed by atoms with van der Waals surface area (Å²) in [6.45, 7) is 0.196. The molecule has 2 aromatic carbocycles. The SMILES string of the molecule is O=c1ccn(Cc2ccc(S(=O)(=O)CC(Cc3ccccc3)c3ccccc3)s2)c(=O)[nH]1. The fourth-order valence-corrected chi connectivity index (χ4v) is 6.64. The van der Waals surface area contributed by atoms with Crippen molar-refractivity contribution in [3.05, 3.63) is 122 Å². The zero-order valence-corrected chi connectivity index (χ0v) is 18.8. The highest BCUT2D eigenvalue weighted by Gasteiger charge is 2.24. The minimum absolute atomic E-state index is 0.00946. The molecule has 0 bridgehead atoms. The smallest absolute Gasteiger partial charge is 0.295 e. The van der Waals surface area contributed by atoms with Crippen molar-refractivity contribution in [3.63, 3.8) is 0 Å². The van der Waals surface area contributed by atoms with Gasteiger partial charge in [-0.15, -0.1) is 11.3 Å². The molecule has 0 fully saturated rings. The summed E-state index contributed by atoms with van der Waals surface area (Å²) in [6.07, 6.45) is 2.02. The second kappa shape index (κ2) is 9.50. The Kier molecular flexibility index (Phi) is 6.53. The number of nitrogens with one attached hydrogen (secondary N) is 1. The minimum atomic E-state index is -3.54. The molecule has 164 valence electrons. The number of benzene rings is 2. The van der Waals surface area contributed by atoms with Gasteiger partial charge in [-0.3, -0.25) is 14.3 Å². The van der Waals surface area contributed by atoms with Gasteiger partial charge in [-0.1, -0.05) is 60.7 Å². The first kappa shape index (κ1) is 22.0. The fourth-order valence-electron chi connectivity index (χ4n) is 3.59. The summed E-state index contributed by atoms with van der Waals surface area (Å²) in [5, 5.41) is 0. The van der Waals surface area contributed by atoms with Gasteiger partial charge < -0.3 is 0 Å². The quantitative estimate of drug-likeness (QED) is 0.431. The van der Waals surface area contributed by atoms with Gasteiger partial charge in [0.2, 0.25) is 0 Å². The number of hydrogen-bond acceptors (Lipinski definition) is 5. The highest BCUT2D eigenvalue weighted by Crippen LogP contribution is 2.29. The van der Waals surface area contributed by atoms with E-state index in [-0.39, 0.29) is 22.4 Å². The third-order valence-electron chi connectivity index (χ3n) is 5.18. The maximum atomic E-state index is 13.3.